The van der Waals surface area contributed by atoms with Crippen molar-refractivity contribution in [1.82, 2.24) is 0 Å². The summed E-state index contributed by atoms with van der Waals surface area (Å²) in [5, 5.41) is 0. The first-order valence-corrected chi connectivity index (χ1v) is 2.81. The first-order valence-electron chi connectivity index (χ1n) is 0.683. The summed E-state index contributed by atoms with van der Waals surface area (Å²) in [7, 11) is 0. The molecule has 0 saturated heterocycles. The van der Waals surface area contributed by atoms with Crippen LogP contribution in [0.3, 0.4) is 0 Å². The molecule has 0 radical (unpaired) electrons. The Morgan fingerprint density at radius 1 is 1.50 bits per heavy atom. The van der Waals surface area contributed by atoms with E-state index in [1.165, 1.54) is 0 Å². The summed E-state index contributed by atoms with van der Waals surface area (Å²) in [4.78, 5) is 0. The quantitative estimate of drug-likeness (QED) is 0.328. The fourth-order valence-corrected chi connectivity index (χ4v) is 0. The van der Waals surface area contributed by atoms with Gasteiger partial charge in [-0.2, -0.15) is 0 Å². The van der Waals surface area contributed by atoms with Gasteiger partial charge in [0, 0.05) is 0 Å². The van der Waals surface area contributed by atoms with Crippen molar-refractivity contribution >= 4 is 0 Å². The Kier molecular flexibility index (Phi) is 4.52. The fourth-order valence-electron chi connectivity index (χ4n) is 0. The zero-order chi connectivity index (χ0) is 4.50. The molecule has 32 valence electrons. The summed E-state index contributed by atoms with van der Waals surface area (Å²) in [5.74, 6) is 0. The molecule has 6 heteroatoms. The summed E-state index contributed by atoms with van der Waals surface area (Å²) in [6, 6.07) is 0. The second-order valence-electron chi connectivity index (χ2n) is 0.428. The van der Waals surface area contributed by atoms with Gasteiger partial charge >= 0.3 is 48.4 Å². The first-order chi connectivity index (χ1) is 2.00. The molecule has 0 aliphatic carbocycles. The molecule has 0 aromatic heterocycles. The van der Waals surface area contributed by atoms with Crippen molar-refractivity contribution in [2.75, 3.05) is 0 Å². The summed E-state index contributed by atoms with van der Waals surface area (Å²) in [6.45, 7) is 0. The molecule has 0 atom stereocenters. The Balaban J connectivity index is 0. The molecule has 0 unspecified atom stereocenters. The van der Waals surface area contributed by atoms with Crippen molar-refractivity contribution in [2.45, 2.75) is 0 Å². The van der Waals surface area contributed by atoms with E-state index in [1.54, 1.807) is 0 Å². The van der Waals surface area contributed by atoms with E-state index in [9.17, 15) is 0 Å². The standard InChI is InChI=1S/Cr.Li.H2O.3O/h;;1H2;;;/q2*+1;;;;-1/p-1. The molecule has 0 heterocycles. The van der Waals surface area contributed by atoms with Crippen LogP contribution in [0, 0.1) is 0 Å². The van der Waals surface area contributed by atoms with Crippen LogP contribution in [-0.2, 0) is 21.2 Å². The molecule has 1 N–H and O–H groups in total. The Morgan fingerprint density at radius 3 is 1.50 bits per heavy atom. The van der Waals surface area contributed by atoms with E-state index in [0.717, 1.165) is 0 Å². The molecule has 0 aliphatic heterocycles. The molecular weight excluding hydrogens is 123 g/mol. The van der Waals surface area contributed by atoms with Crippen LogP contribution in [0.2, 0.25) is 0 Å². The van der Waals surface area contributed by atoms with Gasteiger partial charge in [0.05, 0.1) is 0 Å². The maximum absolute atomic E-state index is 8.70. The van der Waals surface area contributed by atoms with Crippen LogP contribution in [0.1, 0.15) is 0 Å². The van der Waals surface area contributed by atoms with Crippen molar-refractivity contribution in [1.29, 1.82) is 0 Å². The average molecular weight is 124 g/mol. The molecule has 0 spiro atoms. The van der Waals surface area contributed by atoms with Crippen molar-refractivity contribution in [3.05, 3.63) is 0 Å². The van der Waals surface area contributed by atoms with Crippen molar-refractivity contribution in [2.24, 2.45) is 0 Å². The molecule has 0 aromatic carbocycles. The van der Waals surface area contributed by atoms with E-state index < -0.39 is 13.6 Å². The summed E-state index contributed by atoms with van der Waals surface area (Å²) in [6.07, 6.45) is 0. The van der Waals surface area contributed by atoms with E-state index in [-0.39, 0.29) is 18.9 Å². The molecular formula is HCrLiO4. The van der Waals surface area contributed by atoms with Gasteiger partial charge in [0.25, 0.3) is 0 Å². The summed E-state index contributed by atoms with van der Waals surface area (Å²) < 4.78 is 33.1. The Hall–Kier alpha value is 0.650. The van der Waals surface area contributed by atoms with Gasteiger partial charge < -0.3 is 0 Å². The molecule has 0 fully saturated rings. The van der Waals surface area contributed by atoms with Gasteiger partial charge in [0.1, 0.15) is 0 Å². The predicted molar refractivity (Wildman–Crippen MR) is 3.59 cm³/mol. The minimum absolute atomic E-state index is 0. The van der Waals surface area contributed by atoms with E-state index >= 15 is 0 Å². The second kappa shape index (κ2) is 2.76. The molecule has 0 aliphatic rings. The van der Waals surface area contributed by atoms with E-state index in [0.29, 0.717) is 0 Å². The zero-order valence-corrected chi connectivity index (χ0v) is 4.36. The van der Waals surface area contributed by atoms with Crippen LogP contribution in [-0.4, -0.2) is 4.16 Å². The van der Waals surface area contributed by atoms with Gasteiger partial charge in [0.15, 0.2) is 0 Å². The summed E-state index contributed by atoms with van der Waals surface area (Å²) in [5.41, 5.74) is 0. The predicted octanol–water partition coefficient (Wildman–Crippen LogP) is -4.98. The fraction of sp³-hybridized carbons (Fsp3) is 0. The normalized spacial score (nSPS) is 9.67. The van der Waals surface area contributed by atoms with Crippen LogP contribution in [0.5, 0.6) is 0 Å². The van der Waals surface area contributed by atoms with Gasteiger partial charge in [-0.3, -0.25) is 0 Å². The Morgan fingerprint density at radius 2 is 1.50 bits per heavy atom. The third kappa shape index (κ3) is 147. The molecule has 4 nitrogen and oxygen atoms in total. The van der Waals surface area contributed by atoms with Crippen molar-refractivity contribution in [3.8, 4) is 0 Å². The summed E-state index contributed by atoms with van der Waals surface area (Å²) >= 11 is -5.50. The molecule has 6 heavy (non-hydrogen) atoms. The van der Waals surface area contributed by atoms with Crippen LogP contribution < -0.4 is 23.0 Å². The Labute approximate surface area is 48.7 Å². The molecule has 0 rings (SSSR count). The minimum atomic E-state index is -5.50. The Bertz CT molecular complexity index is 90.7. The second-order valence-corrected chi connectivity index (χ2v) is 1.76. The van der Waals surface area contributed by atoms with Crippen LogP contribution in [0.15, 0.2) is 0 Å². The topological polar surface area (TPSA) is 77.4 Å². The first kappa shape index (κ1) is 9.82. The zero-order valence-electron chi connectivity index (χ0n) is 3.08. The van der Waals surface area contributed by atoms with Crippen LogP contribution >= 0.6 is 0 Å². The van der Waals surface area contributed by atoms with Crippen LogP contribution in [0.4, 0.5) is 0 Å². The maximum atomic E-state index is 8.70. The van der Waals surface area contributed by atoms with E-state index in [4.69, 9.17) is 15.9 Å². The van der Waals surface area contributed by atoms with Crippen molar-refractivity contribution < 1.29 is 48.4 Å². The number of hydrogen-bond acceptors (Lipinski definition) is 3. The van der Waals surface area contributed by atoms with Gasteiger partial charge in [-0.05, 0) is 0 Å². The molecule has 0 amide bonds. The number of rotatable bonds is 0. The molecule has 0 aromatic rings. The van der Waals surface area contributed by atoms with Gasteiger partial charge in [-0.1, -0.05) is 0 Å². The van der Waals surface area contributed by atoms with Gasteiger partial charge in [-0.25, -0.2) is 0 Å². The third-order valence-corrected chi connectivity index (χ3v) is 0. The van der Waals surface area contributed by atoms with Gasteiger partial charge in [0.2, 0.25) is 0 Å². The molecule has 0 bridgehead atoms. The van der Waals surface area contributed by atoms with E-state index in [1.807, 2.05) is 0 Å². The molecule has 0 saturated carbocycles. The van der Waals surface area contributed by atoms with Crippen molar-refractivity contribution in [3.63, 3.8) is 0 Å². The third-order valence-electron chi connectivity index (χ3n) is 0. The average Bonchev–Trinajstić information content (AvgIpc) is 0.722. The van der Waals surface area contributed by atoms with Crippen LogP contribution in [0.25, 0.3) is 0 Å². The monoisotopic (exact) mass is 124 g/mol. The SMILES string of the molecule is [Li+].[O]=[Cr](=[O])([O-])[OH]. The number of hydrogen-bond donors (Lipinski definition) is 1. The van der Waals surface area contributed by atoms with E-state index in [2.05, 4.69) is 0 Å². The van der Waals surface area contributed by atoms with Gasteiger partial charge in [-0.15, -0.1) is 0 Å².